The molecule has 0 aliphatic carbocycles. The molecule has 1 aromatic carbocycles. The van der Waals surface area contributed by atoms with Gasteiger partial charge in [0.25, 0.3) is 0 Å². The number of piperidine rings is 1. The average molecular weight is 376 g/mol. The molecule has 1 aliphatic rings. The predicted octanol–water partition coefficient (Wildman–Crippen LogP) is 3.55. The lowest BCUT2D eigenvalue weighted by atomic mass is 10.0. The number of benzene rings is 1. The van der Waals surface area contributed by atoms with E-state index < -0.39 is 6.10 Å². The van der Waals surface area contributed by atoms with E-state index in [1.54, 1.807) is 0 Å². The van der Waals surface area contributed by atoms with Crippen LogP contribution in [0.5, 0.6) is 0 Å². The lowest BCUT2D eigenvalue weighted by Crippen LogP contribution is -2.45. The predicted molar refractivity (Wildman–Crippen MR) is 91.9 cm³/mol. The summed E-state index contributed by atoms with van der Waals surface area (Å²) >= 11 is 9.59. The van der Waals surface area contributed by atoms with E-state index in [2.05, 4.69) is 39.8 Å². The SMILES string of the molecule is CN(C)C1CCCN(CCC(O)c2ccc(Br)cc2Cl)C1. The molecular formula is C16H24BrClN2O. The monoisotopic (exact) mass is 374 g/mol. The van der Waals surface area contributed by atoms with Crippen molar-refractivity contribution in [2.75, 3.05) is 33.7 Å². The number of likely N-dealkylation sites (N-methyl/N-ethyl adjacent to an activating group) is 1. The first-order chi connectivity index (χ1) is 9.97. The van der Waals surface area contributed by atoms with Crippen LogP contribution in [0, 0.1) is 0 Å². The van der Waals surface area contributed by atoms with Gasteiger partial charge in [0.2, 0.25) is 0 Å². The second-order valence-electron chi connectivity index (χ2n) is 6.03. The number of aliphatic hydroxyl groups excluding tert-OH is 1. The Hall–Kier alpha value is -0.130. The lowest BCUT2D eigenvalue weighted by Gasteiger charge is -2.36. The molecule has 21 heavy (non-hydrogen) atoms. The van der Waals surface area contributed by atoms with Gasteiger partial charge in [0.1, 0.15) is 0 Å². The number of nitrogens with zero attached hydrogens (tertiary/aromatic N) is 2. The van der Waals surface area contributed by atoms with Crippen LogP contribution in [-0.2, 0) is 0 Å². The van der Waals surface area contributed by atoms with Crippen LogP contribution in [0.3, 0.4) is 0 Å². The molecule has 1 heterocycles. The van der Waals surface area contributed by atoms with Crippen molar-refractivity contribution >= 4 is 27.5 Å². The van der Waals surface area contributed by atoms with E-state index in [1.165, 1.54) is 12.8 Å². The van der Waals surface area contributed by atoms with Crippen molar-refractivity contribution in [1.29, 1.82) is 0 Å². The van der Waals surface area contributed by atoms with Gasteiger partial charge < -0.3 is 14.9 Å². The minimum atomic E-state index is -0.495. The minimum absolute atomic E-state index is 0.495. The van der Waals surface area contributed by atoms with Gasteiger partial charge >= 0.3 is 0 Å². The summed E-state index contributed by atoms with van der Waals surface area (Å²) in [5, 5.41) is 11.0. The molecule has 0 amide bonds. The van der Waals surface area contributed by atoms with Gasteiger partial charge in [0, 0.05) is 28.6 Å². The fourth-order valence-electron chi connectivity index (χ4n) is 2.89. The summed E-state index contributed by atoms with van der Waals surface area (Å²) in [4.78, 5) is 4.75. The minimum Gasteiger partial charge on any atom is -0.388 e. The molecule has 1 fully saturated rings. The molecule has 0 spiro atoms. The van der Waals surface area contributed by atoms with E-state index >= 15 is 0 Å². The smallest absolute Gasteiger partial charge is 0.0816 e. The fourth-order valence-corrected chi connectivity index (χ4v) is 3.69. The molecule has 0 bridgehead atoms. The molecule has 1 saturated heterocycles. The number of hydrogen-bond acceptors (Lipinski definition) is 3. The summed E-state index contributed by atoms with van der Waals surface area (Å²) in [6.45, 7) is 3.14. The van der Waals surface area contributed by atoms with Crippen LogP contribution < -0.4 is 0 Å². The fraction of sp³-hybridized carbons (Fsp3) is 0.625. The molecule has 2 rings (SSSR count). The van der Waals surface area contributed by atoms with E-state index in [1.807, 2.05) is 18.2 Å². The zero-order valence-electron chi connectivity index (χ0n) is 12.7. The Balaban J connectivity index is 1.87. The third-order valence-corrected chi connectivity index (χ3v) is 5.07. The Labute approximate surface area is 141 Å². The number of hydrogen-bond donors (Lipinski definition) is 1. The number of likely N-dealkylation sites (tertiary alicyclic amines) is 1. The summed E-state index contributed by atoms with van der Waals surface area (Å²) in [5.41, 5.74) is 0.820. The first-order valence-corrected chi connectivity index (χ1v) is 8.66. The molecule has 0 saturated carbocycles. The zero-order chi connectivity index (χ0) is 15.4. The normalized spacial score (nSPS) is 21.7. The number of halogens is 2. The van der Waals surface area contributed by atoms with Crippen LogP contribution in [0.4, 0.5) is 0 Å². The van der Waals surface area contributed by atoms with Crippen LogP contribution in [0.2, 0.25) is 5.02 Å². The van der Waals surface area contributed by atoms with Crippen LogP contribution in [0.1, 0.15) is 30.9 Å². The second-order valence-corrected chi connectivity index (χ2v) is 7.35. The molecular weight excluding hydrogens is 352 g/mol. The van der Waals surface area contributed by atoms with Crippen molar-refractivity contribution in [2.45, 2.75) is 31.4 Å². The van der Waals surface area contributed by atoms with Crippen LogP contribution in [0.25, 0.3) is 0 Å². The Morgan fingerprint density at radius 2 is 2.24 bits per heavy atom. The van der Waals surface area contributed by atoms with Gasteiger partial charge in [0.05, 0.1) is 6.10 Å². The van der Waals surface area contributed by atoms with Gasteiger partial charge in [-0.3, -0.25) is 0 Å². The molecule has 5 heteroatoms. The van der Waals surface area contributed by atoms with E-state index in [4.69, 9.17) is 11.6 Å². The largest absolute Gasteiger partial charge is 0.388 e. The quantitative estimate of drug-likeness (QED) is 0.852. The van der Waals surface area contributed by atoms with E-state index in [0.717, 1.165) is 36.1 Å². The summed E-state index contributed by atoms with van der Waals surface area (Å²) in [7, 11) is 4.29. The Kier molecular flexibility index (Phi) is 6.51. The third kappa shape index (κ3) is 4.93. The van der Waals surface area contributed by atoms with Crippen molar-refractivity contribution < 1.29 is 5.11 Å². The number of rotatable bonds is 5. The van der Waals surface area contributed by atoms with Crippen LogP contribution >= 0.6 is 27.5 Å². The molecule has 2 atom stereocenters. The van der Waals surface area contributed by atoms with Gasteiger partial charge in [-0.25, -0.2) is 0 Å². The zero-order valence-corrected chi connectivity index (χ0v) is 15.1. The highest BCUT2D eigenvalue weighted by Gasteiger charge is 2.22. The van der Waals surface area contributed by atoms with Crippen molar-refractivity contribution in [2.24, 2.45) is 0 Å². The lowest BCUT2D eigenvalue weighted by molar-refractivity contribution is 0.102. The van der Waals surface area contributed by atoms with Crippen molar-refractivity contribution in [3.8, 4) is 0 Å². The summed E-state index contributed by atoms with van der Waals surface area (Å²) < 4.78 is 0.938. The first-order valence-electron chi connectivity index (χ1n) is 7.49. The maximum Gasteiger partial charge on any atom is 0.0816 e. The van der Waals surface area contributed by atoms with Crippen molar-refractivity contribution in [1.82, 2.24) is 9.80 Å². The Bertz CT molecular complexity index is 470. The molecule has 3 nitrogen and oxygen atoms in total. The third-order valence-electron chi connectivity index (χ3n) is 4.25. The highest BCUT2D eigenvalue weighted by molar-refractivity contribution is 9.10. The van der Waals surface area contributed by atoms with Gasteiger partial charge in [-0.1, -0.05) is 33.6 Å². The molecule has 1 N–H and O–H groups in total. The summed E-state index contributed by atoms with van der Waals surface area (Å²) in [6.07, 6.45) is 2.73. The topological polar surface area (TPSA) is 26.7 Å². The van der Waals surface area contributed by atoms with Crippen molar-refractivity contribution in [3.05, 3.63) is 33.3 Å². The molecule has 0 aromatic heterocycles. The Morgan fingerprint density at radius 1 is 1.48 bits per heavy atom. The van der Waals surface area contributed by atoms with Gasteiger partial charge in [-0.2, -0.15) is 0 Å². The molecule has 118 valence electrons. The average Bonchev–Trinajstić information content (AvgIpc) is 2.45. The standard InChI is InChI=1S/C16H24BrClN2O/c1-19(2)13-4-3-8-20(11-13)9-7-16(21)14-6-5-12(17)10-15(14)18/h5-6,10,13,16,21H,3-4,7-9,11H2,1-2H3. The maximum absolute atomic E-state index is 10.4. The van der Waals surface area contributed by atoms with Crippen LogP contribution in [-0.4, -0.2) is 54.7 Å². The Morgan fingerprint density at radius 3 is 2.90 bits per heavy atom. The summed E-state index contributed by atoms with van der Waals surface area (Å²) in [5.74, 6) is 0. The second kappa shape index (κ2) is 7.93. The highest BCUT2D eigenvalue weighted by atomic mass is 79.9. The molecule has 1 aliphatic heterocycles. The number of aliphatic hydroxyl groups is 1. The van der Waals surface area contributed by atoms with Gasteiger partial charge in [0.15, 0.2) is 0 Å². The van der Waals surface area contributed by atoms with E-state index in [9.17, 15) is 5.11 Å². The van der Waals surface area contributed by atoms with Gasteiger partial charge in [-0.05, 0) is 57.6 Å². The van der Waals surface area contributed by atoms with Gasteiger partial charge in [-0.15, -0.1) is 0 Å². The molecule has 0 radical (unpaired) electrons. The maximum atomic E-state index is 10.4. The highest BCUT2D eigenvalue weighted by Crippen LogP contribution is 2.28. The van der Waals surface area contributed by atoms with Crippen LogP contribution in [0.15, 0.2) is 22.7 Å². The van der Waals surface area contributed by atoms with E-state index in [-0.39, 0.29) is 0 Å². The first kappa shape index (κ1) is 17.2. The summed E-state index contributed by atoms with van der Waals surface area (Å²) in [6, 6.07) is 6.29. The molecule has 1 aromatic rings. The molecule has 2 unspecified atom stereocenters. The van der Waals surface area contributed by atoms with E-state index in [0.29, 0.717) is 11.1 Å². The van der Waals surface area contributed by atoms with Crippen molar-refractivity contribution in [3.63, 3.8) is 0 Å².